The second kappa shape index (κ2) is 16.4. The van der Waals surface area contributed by atoms with Gasteiger partial charge in [-0.25, -0.2) is 4.98 Å². The van der Waals surface area contributed by atoms with Gasteiger partial charge >= 0.3 is 0 Å². The molecule has 0 amide bonds. The lowest BCUT2D eigenvalue weighted by Gasteiger charge is -2.19. The molecule has 2 rings (SSSR count). The van der Waals surface area contributed by atoms with Gasteiger partial charge in [-0.1, -0.05) is 19.1 Å². The van der Waals surface area contributed by atoms with E-state index in [0.29, 0.717) is 0 Å². The minimum atomic E-state index is 0. The molecule has 6 heteroatoms. The predicted octanol–water partition coefficient (Wildman–Crippen LogP) is 0.285. The second-order valence-electron chi connectivity index (χ2n) is 4.48. The number of rotatable bonds is 2. The number of hydrogen-bond acceptors (Lipinski definition) is 1. The fourth-order valence-electron chi connectivity index (χ4n) is 1.87. The maximum Gasteiger partial charge on any atom is 0.0921 e. The Bertz CT molecular complexity index is 388. The van der Waals surface area contributed by atoms with Crippen molar-refractivity contribution < 1.29 is 21.9 Å². The summed E-state index contributed by atoms with van der Waals surface area (Å²) in [5, 5.41) is 0. The molecule has 2 unspecified atom stereocenters. The topological polar surface area (TPSA) is 155 Å². The fourth-order valence-corrected chi connectivity index (χ4v) is 1.87. The largest absolute Gasteiger partial charge is 0.412 e. The Hall–Kier alpha value is -1.65. The van der Waals surface area contributed by atoms with Crippen LogP contribution in [-0.4, -0.2) is 31.9 Å². The zero-order valence-electron chi connectivity index (χ0n) is 13.0. The average Bonchev–Trinajstić information content (AvgIpc) is 2.85. The third kappa shape index (κ3) is 11.8. The van der Waals surface area contributed by atoms with Crippen molar-refractivity contribution in [2.75, 3.05) is 0 Å². The van der Waals surface area contributed by atoms with Crippen molar-refractivity contribution in [3.63, 3.8) is 0 Å². The van der Waals surface area contributed by atoms with Crippen LogP contribution >= 0.6 is 0 Å². The summed E-state index contributed by atoms with van der Waals surface area (Å²) in [5.41, 5.74) is 1.25. The first-order chi connectivity index (χ1) is 8.26. The standard InChI is InChI=1S/C11H16N2.C4H6.4H2O/c1-9-2-4-10(5-3-9)6-11-7-12-8-13-11;1-3-4-2;;;;/h2,4,7-10H,3,5-6H2,1H3,(H,12,13);1-2H3;4*1H2. The van der Waals surface area contributed by atoms with Crippen molar-refractivity contribution >= 4 is 0 Å². The molecule has 1 aliphatic rings. The minimum absolute atomic E-state index is 0. The first-order valence-electron chi connectivity index (χ1n) is 6.25. The van der Waals surface area contributed by atoms with Crippen molar-refractivity contribution in [2.45, 2.75) is 40.0 Å². The van der Waals surface area contributed by atoms with Crippen molar-refractivity contribution in [1.82, 2.24) is 9.97 Å². The number of aromatic nitrogens is 2. The molecule has 0 radical (unpaired) electrons. The molecule has 0 saturated heterocycles. The summed E-state index contributed by atoms with van der Waals surface area (Å²) < 4.78 is 0. The van der Waals surface area contributed by atoms with Gasteiger partial charge in [0.2, 0.25) is 0 Å². The van der Waals surface area contributed by atoms with Crippen LogP contribution in [0.4, 0.5) is 0 Å². The van der Waals surface area contributed by atoms with E-state index in [-0.39, 0.29) is 21.9 Å². The fraction of sp³-hybridized carbons (Fsp3) is 0.533. The monoisotopic (exact) mass is 302 g/mol. The van der Waals surface area contributed by atoms with Crippen LogP contribution in [0.2, 0.25) is 0 Å². The van der Waals surface area contributed by atoms with Crippen LogP contribution in [0.25, 0.3) is 0 Å². The van der Waals surface area contributed by atoms with E-state index in [9.17, 15) is 0 Å². The molecule has 1 aliphatic carbocycles. The Labute approximate surface area is 126 Å². The van der Waals surface area contributed by atoms with Gasteiger partial charge in [0.1, 0.15) is 0 Å². The minimum Gasteiger partial charge on any atom is -0.412 e. The van der Waals surface area contributed by atoms with Crippen LogP contribution in [0.15, 0.2) is 24.7 Å². The zero-order chi connectivity index (χ0) is 12.5. The molecule has 0 spiro atoms. The Balaban J connectivity index is -0.000000164. The summed E-state index contributed by atoms with van der Waals surface area (Å²) in [4.78, 5) is 7.17. The van der Waals surface area contributed by atoms with E-state index in [2.05, 4.69) is 40.9 Å². The lowest BCUT2D eigenvalue weighted by molar-refractivity contribution is 0.472. The molecule has 124 valence electrons. The van der Waals surface area contributed by atoms with Crippen LogP contribution in [0, 0.1) is 23.7 Å². The maximum absolute atomic E-state index is 4.02. The summed E-state index contributed by atoms with van der Waals surface area (Å²) in [6, 6.07) is 0. The van der Waals surface area contributed by atoms with Crippen molar-refractivity contribution in [3.8, 4) is 11.8 Å². The van der Waals surface area contributed by atoms with Gasteiger partial charge in [0, 0.05) is 11.9 Å². The molecule has 1 aromatic rings. The smallest absolute Gasteiger partial charge is 0.0921 e. The normalized spacial score (nSPS) is 17.9. The second-order valence-corrected chi connectivity index (χ2v) is 4.48. The highest BCUT2D eigenvalue weighted by atomic mass is 16.0. The number of hydrogen-bond donors (Lipinski definition) is 1. The van der Waals surface area contributed by atoms with E-state index in [4.69, 9.17) is 0 Å². The van der Waals surface area contributed by atoms with Gasteiger partial charge in [0.05, 0.1) is 6.33 Å². The van der Waals surface area contributed by atoms with Crippen LogP contribution < -0.4 is 0 Å². The highest BCUT2D eigenvalue weighted by Gasteiger charge is 2.13. The van der Waals surface area contributed by atoms with Gasteiger partial charge in [-0.05, 0) is 44.9 Å². The van der Waals surface area contributed by atoms with Gasteiger partial charge < -0.3 is 26.9 Å². The summed E-state index contributed by atoms with van der Waals surface area (Å²) in [5.74, 6) is 6.86. The molecule has 0 fully saturated rings. The van der Waals surface area contributed by atoms with E-state index in [1.54, 1.807) is 6.33 Å². The molecule has 0 aromatic carbocycles. The van der Waals surface area contributed by atoms with Gasteiger partial charge in [0.15, 0.2) is 0 Å². The third-order valence-electron chi connectivity index (χ3n) is 2.99. The quantitative estimate of drug-likeness (QED) is 0.605. The van der Waals surface area contributed by atoms with Crippen LogP contribution in [-0.2, 0) is 6.42 Å². The van der Waals surface area contributed by atoms with Crippen LogP contribution in [0.5, 0.6) is 0 Å². The zero-order valence-corrected chi connectivity index (χ0v) is 13.0. The number of aromatic amines is 1. The van der Waals surface area contributed by atoms with E-state index in [1.807, 2.05) is 20.0 Å². The average molecular weight is 302 g/mol. The van der Waals surface area contributed by atoms with Gasteiger partial charge in [-0.15, -0.1) is 11.8 Å². The van der Waals surface area contributed by atoms with E-state index in [1.165, 1.54) is 18.5 Å². The van der Waals surface area contributed by atoms with Crippen LogP contribution in [0.3, 0.4) is 0 Å². The Kier molecular flexibility index (Phi) is 21.6. The maximum atomic E-state index is 4.02. The molecule has 0 saturated carbocycles. The molecule has 0 aliphatic heterocycles. The Morgan fingerprint density at radius 2 is 1.71 bits per heavy atom. The molecule has 2 atom stereocenters. The molecular formula is C15H30N2O4. The summed E-state index contributed by atoms with van der Waals surface area (Å²) >= 11 is 0. The number of imidazole rings is 1. The predicted molar refractivity (Wildman–Crippen MR) is 86.9 cm³/mol. The Morgan fingerprint density at radius 3 is 2.10 bits per heavy atom. The highest BCUT2D eigenvalue weighted by molar-refractivity contribution is 5.04. The van der Waals surface area contributed by atoms with E-state index < -0.39 is 0 Å². The number of nitrogens with one attached hydrogen (secondary N) is 1. The van der Waals surface area contributed by atoms with E-state index >= 15 is 0 Å². The Morgan fingerprint density at radius 1 is 1.10 bits per heavy atom. The van der Waals surface area contributed by atoms with E-state index in [0.717, 1.165) is 18.3 Å². The molecule has 0 bridgehead atoms. The molecule has 1 heterocycles. The molecule has 6 nitrogen and oxygen atoms in total. The summed E-state index contributed by atoms with van der Waals surface area (Å²) in [7, 11) is 0. The lowest BCUT2D eigenvalue weighted by atomic mass is 9.87. The molecule has 9 N–H and O–H groups in total. The first kappa shape index (κ1) is 27.7. The van der Waals surface area contributed by atoms with Gasteiger partial charge in [-0.3, -0.25) is 0 Å². The van der Waals surface area contributed by atoms with Crippen molar-refractivity contribution in [3.05, 3.63) is 30.4 Å². The van der Waals surface area contributed by atoms with Gasteiger partial charge in [-0.2, -0.15) is 0 Å². The molecular weight excluding hydrogens is 272 g/mol. The molecule has 21 heavy (non-hydrogen) atoms. The number of allylic oxidation sites excluding steroid dienone is 2. The van der Waals surface area contributed by atoms with Gasteiger partial charge in [0.25, 0.3) is 0 Å². The van der Waals surface area contributed by atoms with Crippen molar-refractivity contribution in [1.29, 1.82) is 0 Å². The summed E-state index contributed by atoms with van der Waals surface area (Å²) in [6.45, 7) is 5.92. The SMILES string of the molecule is CC#CC.CC1C=CC(Cc2cnc[nH]2)CC1.O.O.O.O. The lowest BCUT2D eigenvalue weighted by Crippen LogP contribution is -2.08. The van der Waals surface area contributed by atoms with Crippen molar-refractivity contribution in [2.24, 2.45) is 11.8 Å². The first-order valence-corrected chi connectivity index (χ1v) is 6.25. The van der Waals surface area contributed by atoms with Crippen LogP contribution in [0.1, 0.15) is 39.3 Å². The molecule has 1 aromatic heterocycles. The third-order valence-corrected chi connectivity index (χ3v) is 2.99. The number of nitrogens with zero attached hydrogens (tertiary/aromatic N) is 1. The number of H-pyrrole nitrogens is 1. The highest BCUT2D eigenvalue weighted by Crippen LogP contribution is 2.23. The summed E-state index contributed by atoms with van der Waals surface area (Å²) in [6.07, 6.45) is 12.1.